The molecule has 0 unspecified atom stereocenters. The van der Waals surface area contributed by atoms with Gasteiger partial charge in [0.15, 0.2) is 5.65 Å². The normalized spacial score (nSPS) is 11.0. The first-order valence-corrected chi connectivity index (χ1v) is 9.83. The van der Waals surface area contributed by atoms with Crippen molar-refractivity contribution in [3.8, 4) is 11.1 Å². The molecular weight excluding hydrogens is 360 g/mol. The molecule has 4 aromatic rings. The zero-order valence-corrected chi connectivity index (χ0v) is 16.9. The summed E-state index contributed by atoms with van der Waals surface area (Å²) in [4.78, 5) is 17.2. The quantitative estimate of drug-likeness (QED) is 0.531. The largest absolute Gasteiger partial charge is 0.324 e. The molecule has 5 nitrogen and oxygen atoms in total. The maximum absolute atomic E-state index is 12.7. The lowest BCUT2D eigenvalue weighted by Crippen LogP contribution is -2.20. The van der Waals surface area contributed by atoms with E-state index in [4.69, 9.17) is 0 Å². The zero-order valence-electron chi connectivity index (χ0n) is 16.9. The summed E-state index contributed by atoms with van der Waals surface area (Å²) in [5.74, 6) is -0.113. The highest BCUT2D eigenvalue weighted by Crippen LogP contribution is 2.30. The summed E-state index contributed by atoms with van der Waals surface area (Å²) >= 11 is 0. The number of benzene rings is 2. The van der Waals surface area contributed by atoms with Gasteiger partial charge in [0.2, 0.25) is 5.91 Å². The lowest BCUT2D eigenvalue weighted by molar-refractivity contribution is -0.116. The van der Waals surface area contributed by atoms with Crippen LogP contribution in [0.2, 0.25) is 0 Å². The van der Waals surface area contributed by atoms with Crippen LogP contribution < -0.4 is 5.32 Å². The predicted octanol–water partition coefficient (Wildman–Crippen LogP) is 4.92. The van der Waals surface area contributed by atoms with Crippen LogP contribution in [-0.4, -0.2) is 20.7 Å². The number of aromatic nitrogens is 3. The van der Waals surface area contributed by atoms with E-state index < -0.39 is 0 Å². The number of pyridine rings is 1. The van der Waals surface area contributed by atoms with Gasteiger partial charge in [-0.2, -0.15) is 5.10 Å². The topological polar surface area (TPSA) is 59.8 Å². The van der Waals surface area contributed by atoms with E-state index >= 15 is 0 Å². The van der Waals surface area contributed by atoms with Crippen molar-refractivity contribution in [2.24, 2.45) is 0 Å². The van der Waals surface area contributed by atoms with Crippen LogP contribution >= 0.6 is 0 Å². The number of fused-ring (bicyclic) bond motifs is 1. The SMILES string of the molecule is CCc1ccccc1NC(=O)Cn1nc(C)c2c(-c3cccc(C)c3)ccnc21. The van der Waals surface area contributed by atoms with Crippen molar-refractivity contribution in [1.29, 1.82) is 0 Å². The molecule has 2 aromatic heterocycles. The highest BCUT2D eigenvalue weighted by molar-refractivity contribution is 5.96. The number of nitrogens with zero attached hydrogens (tertiary/aromatic N) is 3. The van der Waals surface area contributed by atoms with Crippen LogP contribution in [0.1, 0.15) is 23.7 Å². The van der Waals surface area contributed by atoms with E-state index in [2.05, 4.69) is 53.5 Å². The van der Waals surface area contributed by atoms with Gasteiger partial charge in [-0.3, -0.25) is 4.79 Å². The Morgan fingerprint density at radius 2 is 1.90 bits per heavy atom. The minimum Gasteiger partial charge on any atom is -0.324 e. The van der Waals surface area contributed by atoms with Crippen LogP contribution in [0.4, 0.5) is 5.69 Å². The molecule has 0 aliphatic carbocycles. The third kappa shape index (κ3) is 3.76. The van der Waals surface area contributed by atoms with Crippen molar-refractivity contribution >= 4 is 22.6 Å². The molecule has 0 radical (unpaired) electrons. The first-order chi connectivity index (χ1) is 14.1. The second-order valence-corrected chi connectivity index (χ2v) is 7.23. The molecule has 4 rings (SSSR count). The van der Waals surface area contributed by atoms with Crippen molar-refractivity contribution < 1.29 is 4.79 Å². The lowest BCUT2D eigenvalue weighted by Gasteiger charge is -2.10. The molecule has 2 heterocycles. The van der Waals surface area contributed by atoms with Crippen LogP contribution in [0, 0.1) is 13.8 Å². The molecule has 0 spiro atoms. The zero-order chi connectivity index (χ0) is 20.4. The number of hydrogen-bond donors (Lipinski definition) is 1. The van der Waals surface area contributed by atoms with Crippen LogP contribution in [0.3, 0.4) is 0 Å². The molecule has 146 valence electrons. The monoisotopic (exact) mass is 384 g/mol. The van der Waals surface area contributed by atoms with Gasteiger partial charge < -0.3 is 5.32 Å². The summed E-state index contributed by atoms with van der Waals surface area (Å²) in [6, 6.07) is 18.2. The first kappa shape index (κ1) is 18.9. The lowest BCUT2D eigenvalue weighted by atomic mass is 10.0. The molecule has 0 aliphatic rings. The fourth-order valence-corrected chi connectivity index (χ4v) is 3.72. The number of carbonyl (C=O) groups is 1. The molecule has 2 aromatic carbocycles. The van der Waals surface area contributed by atoms with E-state index in [0.717, 1.165) is 45.5 Å². The summed E-state index contributed by atoms with van der Waals surface area (Å²) in [5.41, 5.74) is 6.96. The number of para-hydroxylation sites is 1. The average molecular weight is 384 g/mol. The van der Waals surface area contributed by atoms with E-state index in [9.17, 15) is 4.79 Å². The number of hydrogen-bond acceptors (Lipinski definition) is 3. The number of rotatable bonds is 5. The maximum Gasteiger partial charge on any atom is 0.246 e. The second kappa shape index (κ2) is 7.87. The third-order valence-electron chi connectivity index (χ3n) is 5.10. The third-order valence-corrected chi connectivity index (χ3v) is 5.10. The highest BCUT2D eigenvalue weighted by atomic mass is 16.2. The van der Waals surface area contributed by atoms with Gasteiger partial charge in [0, 0.05) is 17.3 Å². The smallest absolute Gasteiger partial charge is 0.246 e. The fraction of sp³-hybridized carbons (Fsp3) is 0.208. The highest BCUT2D eigenvalue weighted by Gasteiger charge is 2.16. The molecule has 1 amide bonds. The molecule has 0 saturated carbocycles. The molecule has 0 aliphatic heterocycles. The van der Waals surface area contributed by atoms with Gasteiger partial charge in [-0.05, 0) is 49.1 Å². The number of amides is 1. The van der Waals surface area contributed by atoms with Crippen molar-refractivity contribution in [3.05, 3.63) is 77.6 Å². The van der Waals surface area contributed by atoms with Crippen LogP contribution in [-0.2, 0) is 17.8 Å². The molecule has 29 heavy (non-hydrogen) atoms. The van der Waals surface area contributed by atoms with Gasteiger partial charge in [-0.25, -0.2) is 9.67 Å². The summed E-state index contributed by atoms with van der Waals surface area (Å²) in [7, 11) is 0. The van der Waals surface area contributed by atoms with Crippen molar-refractivity contribution in [2.45, 2.75) is 33.7 Å². The number of carbonyl (C=O) groups excluding carboxylic acids is 1. The van der Waals surface area contributed by atoms with Crippen molar-refractivity contribution in [1.82, 2.24) is 14.8 Å². The molecule has 1 N–H and O–H groups in total. The Labute approximate surface area is 170 Å². The molecule has 0 fully saturated rings. The standard InChI is InChI=1S/C24H24N4O/c1-4-18-9-5-6-11-21(18)26-22(29)15-28-24-23(17(3)27-28)20(12-13-25-24)19-10-7-8-16(2)14-19/h5-14H,4,15H2,1-3H3,(H,26,29). The molecule has 0 saturated heterocycles. The maximum atomic E-state index is 12.7. The van der Waals surface area contributed by atoms with E-state index in [1.165, 1.54) is 5.56 Å². The Morgan fingerprint density at radius 3 is 2.69 bits per heavy atom. The molecular formula is C24H24N4O. The summed E-state index contributed by atoms with van der Waals surface area (Å²) in [5, 5.41) is 8.61. The Balaban J connectivity index is 1.67. The minimum atomic E-state index is -0.113. The fourth-order valence-electron chi connectivity index (χ4n) is 3.72. The van der Waals surface area contributed by atoms with Gasteiger partial charge in [0.1, 0.15) is 6.54 Å². The Kier molecular flexibility index (Phi) is 5.12. The van der Waals surface area contributed by atoms with Crippen LogP contribution in [0.25, 0.3) is 22.2 Å². The summed E-state index contributed by atoms with van der Waals surface area (Å²) in [6.07, 6.45) is 2.64. The van der Waals surface area contributed by atoms with E-state index in [-0.39, 0.29) is 12.5 Å². The van der Waals surface area contributed by atoms with Crippen LogP contribution in [0.5, 0.6) is 0 Å². The van der Waals surface area contributed by atoms with Gasteiger partial charge in [-0.1, -0.05) is 55.0 Å². The number of aryl methyl sites for hydroxylation is 3. The Hall–Kier alpha value is -3.47. The number of anilines is 1. The van der Waals surface area contributed by atoms with E-state index in [1.807, 2.05) is 37.3 Å². The second-order valence-electron chi connectivity index (χ2n) is 7.23. The van der Waals surface area contributed by atoms with Crippen molar-refractivity contribution in [3.63, 3.8) is 0 Å². The van der Waals surface area contributed by atoms with Gasteiger partial charge in [0.25, 0.3) is 0 Å². The number of nitrogens with one attached hydrogen (secondary N) is 1. The first-order valence-electron chi connectivity index (χ1n) is 9.83. The summed E-state index contributed by atoms with van der Waals surface area (Å²) < 4.78 is 1.69. The minimum absolute atomic E-state index is 0.113. The predicted molar refractivity (Wildman–Crippen MR) is 117 cm³/mol. The van der Waals surface area contributed by atoms with Crippen LogP contribution in [0.15, 0.2) is 60.8 Å². The molecule has 5 heteroatoms. The van der Waals surface area contributed by atoms with Gasteiger partial charge >= 0.3 is 0 Å². The van der Waals surface area contributed by atoms with Gasteiger partial charge in [0.05, 0.1) is 5.69 Å². The molecule has 0 bridgehead atoms. The Bertz CT molecular complexity index is 1190. The van der Waals surface area contributed by atoms with Crippen molar-refractivity contribution in [2.75, 3.05) is 5.32 Å². The average Bonchev–Trinajstić information content (AvgIpc) is 3.04. The van der Waals surface area contributed by atoms with Gasteiger partial charge in [-0.15, -0.1) is 0 Å². The van der Waals surface area contributed by atoms with E-state index in [0.29, 0.717) is 0 Å². The molecule has 0 atom stereocenters. The van der Waals surface area contributed by atoms with E-state index in [1.54, 1.807) is 10.9 Å². The summed E-state index contributed by atoms with van der Waals surface area (Å²) in [6.45, 7) is 6.24. The Morgan fingerprint density at radius 1 is 1.07 bits per heavy atom.